The summed E-state index contributed by atoms with van der Waals surface area (Å²) in [5, 5.41) is 10.2. The summed E-state index contributed by atoms with van der Waals surface area (Å²) in [7, 11) is 0. The van der Waals surface area contributed by atoms with Gasteiger partial charge < -0.3 is 5.11 Å². The molecule has 0 radical (unpaired) electrons. The quantitative estimate of drug-likeness (QED) is 0.648. The Hall–Kier alpha value is -1.60. The zero-order valence-electron chi connectivity index (χ0n) is 15.0. The fourth-order valence-electron chi connectivity index (χ4n) is 3.40. The first-order valence-corrected chi connectivity index (χ1v) is 8.68. The van der Waals surface area contributed by atoms with Crippen LogP contribution in [0.15, 0.2) is 65.3 Å². The number of hydrogen-bond acceptors (Lipinski definition) is 1. The van der Waals surface area contributed by atoms with E-state index in [9.17, 15) is 5.11 Å². The minimum absolute atomic E-state index is 0.280. The van der Waals surface area contributed by atoms with Gasteiger partial charge in [-0.15, -0.1) is 0 Å². The minimum Gasteiger partial charge on any atom is -0.388 e. The van der Waals surface area contributed by atoms with Gasteiger partial charge in [-0.1, -0.05) is 73.6 Å². The second-order valence-corrected chi connectivity index (χ2v) is 7.38. The molecule has 1 unspecified atom stereocenters. The lowest BCUT2D eigenvalue weighted by Crippen LogP contribution is -2.19. The number of rotatable bonds is 5. The average molecular weight is 310 g/mol. The predicted molar refractivity (Wildman–Crippen MR) is 99.2 cm³/mol. The number of allylic oxidation sites excluding steroid dienone is 5. The first kappa shape index (κ1) is 17.7. The largest absolute Gasteiger partial charge is 0.388 e. The van der Waals surface area contributed by atoms with E-state index >= 15 is 0 Å². The van der Waals surface area contributed by atoms with Crippen molar-refractivity contribution in [3.8, 4) is 0 Å². The van der Waals surface area contributed by atoms with E-state index in [1.54, 1.807) is 0 Å². The maximum Gasteiger partial charge on any atom is 0.0824 e. The minimum atomic E-state index is -0.424. The van der Waals surface area contributed by atoms with Crippen molar-refractivity contribution in [1.29, 1.82) is 0 Å². The number of hydrogen-bond donors (Lipinski definition) is 1. The van der Waals surface area contributed by atoms with Gasteiger partial charge in [0.05, 0.1) is 6.10 Å². The molecule has 0 fully saturated rings. The summed E-state index contributed by atoms with van der Waals surface area (Å²) in [4.78, 5) is 0. The molecule has 0 aliphatic heterocycles. The third kappa shape index (κ3) is 4.94. The summed E-state index contributed by atoms with van der Waals surface area (Å²) in [5.74, 6) is 0. The van der Waals surface area contributed by atoms with E-state index < -0.39 is 6.10 Å². The van der Waals surface area contributed by atoms with Gasteiger partial charge in [-0.3, -0.25) is 0 Å². The van der Waals surface area contributed by atoms with Crippen molar-refractivity contribution in [3.63, 3.8) is 0 Å². The standard InChI is InChI=1S/C22H30O/c1-17(13-15-21(23)19-10-6-5-7-11-19)12-14-20-18(2)9-8-16-22(20,3)4/h5-7,10-14,21,23H,8-9,15-16H2,1-4H3/b14-12+,17-13+. The molecule has 0 spiro atoms. The highest BCUT2D eigenvalue weighted by atomic mass is 16.3. The van der Waals surface area contributed by atoms with Crippen LogP contribution in [0.3, 0.4) is 0 Å². The molecule has 1 atom stereocenters. The lowest BCUT2D eigenvalue weighted by molar-refractivity contribution is 0.181. The first-order valence-electron chi connectivity index (χ1n) is 8.68. The zero-order valence-corrected chi connectivity index (χ0v) is 15.0. The Kier molecular flexibility index (Phi) is 6.01. The molecule has 1 aromatic carbocycles. The van der Waals surface area contributed by atoms with Crippen LogP contribution in [0.2, 0.25) is 0 Å². The van der Waals surface area contributed by atoms with E-state index in [4.69, 9.17) is 0 Å². The van der Waals surface area contributed by atoms with Crippen molar-refractivity contribution in [1.82, 2.24) is 0 Å². The van der Waals surface area contributed by atoms with Crippen LogP contribution in [0.5, 0.6) is 0 Å². The molecular formula is C22H30O. The molecule has 23 heavy (non-hydrogen) atoms. The van der Waals surface area contributed by atoms with Crippen molar-refractivity contribution in [2.24, 2.45) is 5.41 Å². The molecular weight excluding hydrogens is 280 g/mol. The number of aliphatic hydroxyl groups is 1. The monoisotopic (exact) mass is 310 g/mol. The molecule has 1 N–H and O–H groups in total. The molecule has 1 aliphatic rings. The smallest absolute Gasteiger partial charge is 0.0824 e. The van der Waals surface area contributed by atoms with Crippen LogP contribution in [0.4, 0.5) is 0 Å². The fourth-order valence-corrected chi connectivity index (χ4v) is 3.40. The maximum absolute atomic E-state index is 10.2. The highest BCUT2D eigenvalue weighted by Gasteiger charge is 2.26. The van der Waals surface area contributed by atoms with Crippen LogP contribution in [0.1, 0.15) is 65.0 Å². The van der Waals surface area contributed by atoms with Crippen LogP contribution in [0.25, 0.3) is 0 Å². The summed E-state index contributed by atoms with van der Waals surface area (Å²) < 4.78 is 0. The van der Waals surface area contributed by atoms with Crippen LogP contribution < -0.4 is 0 Å². The Bertz CT molecular complexity index is 602. The maximum atomic E-state index is 10.2. The number of benzene rings is 1. The van der Waals surface area contributed by atoms with E-state index in [1.807, 2.05) is 30.3 Å². The topological polar surface area (TPSA) is 20.2 Å². The van der Waals surface area contributed by atoms with Crippen molar-refractivity contribution in [3.05, 3.63) is 70.8 Å². The molecule has 1 aromatic rings. The third-order valence-corrected chi connectivity index (χ3v) is 4.90. The van der Waals surface area contributed by atoms with E-state index in [-0.39, 0.29) is 5.41 Å². The van der Waals surface area contributed by atoms with Crippen molar-refractivity contribution < 1.29 is 5.11 Å². The van der Waals surface area contributed by atoms with E-state index in [2.05, 4.69) is 45.9 Å². The molecule has 0 saturated heterocycles. The summed E-state index contributed by atoms with van der Waals surface area (Å²) in [6.45, 7) is 9.06. The number of aliphatic hydroxyl groups excluding tert-OH is 1. The Morgan fingerprint density at radius 2 is 1.96 bits per heavy atom. The molecule has 2 rings (SSSR count). The van der Waals surface area contributed by atoms with Crippen LogP contribution >= 0.6 is 0 Å². The van der Waals surface area contributed by atoms with Gasteiger partial charge in [0, 0.05) is 0 Å². The van der Waals surface area contributed by atoms with Gasteiger partial charge in [0.1, 0.15) is 0 Å². The Labute approximate surface area is 141 Å². The van der Waals surface area contributed by atoms with Crippen LogP contribution in [-0.2, 0) is 0 Å². The summed E-state index contributed by atoms with van der Waals surface area (Å²) in [5.41, 5.74) is 5.48. The molecule has 0 bridgehead atoms. The van der Waals surface area contributed by atoms with Gasteiger partial charge in [0.25, 0.3) is 0 Å². The van der Waals surface area contributed by atoms with Gasteiger partial charge in [-0.2, -0.15) is 0 Å². The average Bonchev–Trinajstić information content (AvgIpc) is 2.52. The Morgan fingerprint density at radius 3 is 2.61 bits per heavy atom. The second-order valence-electron chi connectivity index (χ2n) is 7.38. The van der Waals surface area contributed by atoms with Crippen molar-refractivity contribution in [2.45, 2.75) is 59.5 Å². The van der Waals surface area contributed by atoms with Crippen LogP contribution in [0, 0.1) is 5.41 Å². The highest BCUT2D eigenvalue weighted by molar-refractivity contribution is 5.36. The fraction of sp³-hybridized carbons (Fsp3) is 0.455. The summed E-state index contributed by atoms with van der Waals surface area (Å²) in [6, 6.07) is 9.86. The summed E-state index contributed by atoms with van der Waals surface area (Å²) in [6.07, 6.45) is 10.6. The van der Waals surface area contributed by atoms with Gasteiger partial charge >= 0.3 is 0 Å². The van der Waals surface area contributed by atoms with Crippen molar-refractivity contribution in [2.75, 3.05) is 0 Å². The SMILES string of the molecule is CC1=C(/C=C/C(C)=C/CC(O)c2ccccc2)C(C)(C)CCC1. The molecule has 1 heteroatoms. The van der Waals surface area contributed by atoms with Crippen molar-refractivity contribution >= 4 is 0 Å². The Balaban J connectivity index is 2.02. The molecule has 0 saturated carbocycles. The molecule has 1 aliphatic carbocycles. The lowest BCUT2D eigenvalue weighted by Gasteiger charge is -2.32. The third-order valence-electron chi connectivity index (χ3n) is 4.90. The Morgan fingerprint density at radius 1 is 1.26 bits per heavy atom. The predicted octanol–water partition coefficient (Wildman–Crippen LogP) is 6.14. The van der Waals surface area contributed by atoms with Crippen LogP contribution in [-0.4, -0.2) is 5.11 Å². The molecule has 0 heterocycles. The summed E-state index contributed by atoms with van der Waals surface area (Å²) >= 11 is 0. The van der Waals surface area contributed by atoms with Gasteiger partial charge in [-0.25, -0.2) is 0 Å². The van der Waals surface area contributed by atoms with E-state index in [0.717, 1.165) is 5.56 Å². The normalized spacial score (nSPS) is 20.1. The van der Waals surface area contributed by atoms with Gasteiger partial charge in [-0.05, 0) is 56.1 Å². The van der Waals surface area contributed by atoms with Gasteiger partial charge in [0.2, 0.25) is 0 Å². The van der Waals surface area contributed by atoms with E-state index in [1.165, 1.54) is 36.0 Å². The molecule has 0 amide bonds. The molecule has 1 nitrogen and oxygen atoms in total. The molecule has 0 aromatic heterocycles. The highest BCUT2D eigenvalue weighted by Crippen LogP contribution is 2.40. The second kappa shape index (κ2) is 7.79. The first-order chi connectivity index (χ1) is 10.9. The lowest BCUT2D eigenvalue weighted by atomic mass is 9.72. The molecule has 124 valence electrons. The van der Waals surface area contributed by atoms with E-state index in [0.29, 0.717) is 6.42 Å². The zero-order chi connectivity index (χ0) is 16.9. The van der Waals surface area contributed by atoms with Gasteiger partial charge in [0.15, 0.2) is 0 Å².